The van der Waals surface area contributed by atoms with Gasteiger partial charge in [0, 0.05) is 28.8 Å². The number of hydrogen-bond donors (Lipinski definition) is 2. The largest absolute Gasteiger partial charge is 0.492 e. The molecule has 38 heavy (non-hydrogen) atoms. The number of ether oxygens (including phenoxy) is 1. The molecule has 1 amide bonds. The van der Waals surface area contributed by atoms with Gasteiger partial charge in [-0.25, -0.2) is 0 Å². The first kappa shape index (κ1) is 25.5. The number of halogens is 4. The number of nitrogens with one attached hydrogen (secondary N) is 1. The van der Waals surface area contributed by atoms with Crippen molar-refractivity contribution in [3.63, 3.8) is 0 Å². The summed E-state index contributed by atoms with van der Waals surface area (Å²) in [5, 5.41) is 18.1. The molecule has 3 aromatic rings. The Morgan fingerprint density at radius 3 is 2.63 bits per heavy atom. The van der Waals surface area contributed by atoms with E-state index in [2.05, 4.69) is 15.3 Å². The summed E-state index contributed by atoms with van der Waals surface area (Å²) in [4.78, 5) is 15.0. The zero-order chi connectivity index (χ0) is 26.9. The number of fused-ring (bicyclic) bond motifs is 3. The van der Waals surface area contributed by atoms with Gasteiger partial charge in [-0.15, -0.1) is 0 Å². The highest BCUT2D eigenvalue weighted by Gasteiger charge is 2.48. The second-order valence-corrected chi connectivity index (χ2v) is 11.4. The Bertz CT molecular complexity index is 1400. The average molecular weight is 549 g/mol. The maximum atomic E-state index is 13.9. The number of piperidine rings is 1. The molecule has 7 nitrogen and oxygen atoms in total. The van der Waals surface area contributed by atoms with Crippen LogP contribution in [-0.4, -0.2) is 57.5 Å². The number of amides is 1. The number of aromatic nitrogens is 2. The molecule has 2 aliphatic heterocycles. The minimum atomic E-state index is -4.58. The number of nitrogens with zero attached hydrogens (tertiary/aromatic N) is 3. The van der Waals surface area contributed by atoms with Crippen LogP contribution in [0.5, 0.6) is 5.75 Å². The van der Waals surface area contributed by atoms with Crippen molar-refractivity contribution in [3.05, 3.63) is 52.7 Å². The second-order valence-electron chi connectivity index (χ2n) is 11.0. The van der Waals surface area contributed by atoms with E-state index in [9.17, 15) is 23.1 Å². The highest BCUT2D eigenvalue weighted by Crippen LogP contribution is 2.46. The monoisotopic (exact) mass is 548 g/mol. The summed E-state index contributed by atoms with van der Waals surface area (Å²) in [5.41, 5.74) is -0.621. The molecule has 2 fully saturated rings. The predicted octanol–water partition coefficient (Wildman–Crippen LogP) is 5.16. The van der Waals surface area contributed by atoms with E-state index in [1.807, 2.05) is 12.1 Å². The quantitative estimate of drug-likeness (QED) is 0.460. The Morgan fingerprint density at radius 1 is 1.21 bits per heavy atom. The first-order valence-corrected chi connectivity index (χ1v) is 13.1. The summed E-state index contributed by atoms with van der Waals surface area (Å²) in [6.45, 7) is 3.76. The molecule has 1 saturated heterocycles. The molecule has 1 aliphatic carbocycles. The van der Waals surface area contributed by atoms with Crippen LogP contribution in [0.1, 0.15) is 49.8 Å². The fraction of sp³-hybridized carbons (Fsp3) is 0.481. The van der Waals surface area contributed by atoms with Gasteiger partial charge in [-0.05, 0) is 81.6 Å². The summed E-state index contributed by atoms with van der Waals surface area (Å²) < 4.78 is 48.9. The molecular formula is C27H28ClF3N4O3. The second kappa shape index (κ2) is 8.86. The van der Waals surface area contributed by atoms with Crippen molar-refractivity contribution < 1.29 is 27.8 Å². The molecule has 0 radical (unpaired) electrons. The van der Waals surface area contributed by atoms with E-state index in [1.54, 1.807) is 25.3 Å². The first-order valence-electron chi connectivity index (χ1n) is 12.7. The molecule has 202 valence electrons. The third kappa shape index (κ3) is 4.42. The van der Waals surface area contributed by atoms with Crippen LogP contribution < -0.4 is 10.1 Å². The summed E-state index contributed by atoms with van der Waals surface area (Å²) >= 11 is 6.19. The third-order valence-electron chi connectivity index (χ3n) is 8.20. The van der Waals surface area contributed by atoms with E-state index in [1.165, 1.54) is 4.68 Å². The van der Waals surface area contributed by atoms with Crippen LogP contribution in [0.25, 0.3) is 10.9 Å². The van der Waals surface area contributed by atoms with Gasteiger partial charge in [0.1, 0.15) is 17.9 Å². The van der Waals surface area contributed by atoms with Crippen LogP contribution in [0.15, 0.2) is 36.5 Å². The van der Waals surface area contributed by atoms with Crippen LogP contribution >= 0.6 is 11.6 Å². The minimum absolute atomic E-state index is 0.00953. The molecule has 3 heterocycles. The highest BCUT2D eigenvalue weighted by atomic mass is 35.5. The summed E-state index contributed by atoms with van der Waals surface area (Å²) in [6.07, 6.45) is -0.832. The topological polar surface area (TPSA) is 79.6 Å². The van der Waals surface area contributed by atoms with E-state index in [4.69, 9.17) is 16.3 Å². The number of rotatable bonds is 5. The van der Waals surface area contributed by atoms with E-state index in [0.717, 1.165) is 17.3 Å². The van der Waals surface area contributed by atoms with Gasteiger partial charge in [0.25, 0.3) is 0 Å². The van der Waals surface area contributed by atoms with Crippen LogP contribution in [0, 0.1) is 0 Å². The van der Waals surface area contributed by atoms with Gasteiger partial charge < -0.3 is 15.2 Å². The van der Waals surface area contributed by atoms with Crippen LogP contribution in [0.3, 0.4) is 0 Å². The Morgan fingerprint density at radius 2 is 1.95 bits per heavy atom. The molecule has 0 unspecified atom stereocenters. The minimum Gasteiger partial charge on any atom is -0.492 e. The Labute approximate surface area is 222 Å². The van der Waals surface area contributed by atoms with Crippen molar-refractivity contribution in [1.29, 1.82) is 0 Å². The van der Waals surface area contributed by atoms with Gasteiger partial charge >= 0.3 is 6.18 Å². The molecule has 1 aromatic heterocycles. The van der Waals surface area contributed by atoms with Crippen molar-refractivity contribution in [2.24, 2.45) is 0 Å². The maximum absolute atomic E-state index is 13.9. The molecule has 2 aromatic carbocycles. The zero-order valence-corrected chi connectivity index (χ0v) is 21.6. The number of hydrogen-bond acceptors (Lipinski definition) is 5. The summed E-state index contributed by atoms with van der Waals surface area (Å²) in [7, 11) is 0. The molecule has 11 heteroatoms. The normalized spacial score (nSPS) is 24.9. The number of carbonyl (C=O) groups excluding carboxylic acids is 1. The Hall–Kier alpha value is -2.82. The third-order valence-corrected chi connectivity index (χ3v) is 8.43. The smallest absolute Gasteiger partial charge is 0.418 e. The lowest BCUT2D eigenvalue weighted by molar-refractivity contribution is -0.136. The zero-order valence-electron chi connectivity index (χ0n) is 20.8. The lowest BCUT2D eigenvalue weighted by Crippen LogP contribution is -2.47. The van der Waals surface area contributed by atoms with Gasteiger partial charge in [-0.2, -0.15) is 18.3 Å². The number of carbonyl (C=O) groups is 1. The van der Waals surface area contributed by atoms with Crippen LogP contribution in [-0.2, 0) is 16.4 Å². The van der Waals surface area contributed by atoms with Crippen molar-refractivity contribution in [2.75, 3.05) is 31.6 Å². The SMILES string of the molecule is C[C@]1(O)C[C@@H](n2cc3cc(OCCN4CCC5(CC4)C(=O)Nc4ccc(Cl)cc45)cc(C(F)(F)F)c3n2)C1. The highest BCUT2D eigenvalue weighted by molar-refractivity contribution is 6.31. The fourth-order valence-corrected chi connectivity index (χ4v) is 6.26. The van der Waals surface area contributed by atoms with E-state index >= 15 is 0 Å². The first-order chi connectivity index (χ1) is 17.9. The molecular weight excluding hydrogens is 521 g/mol. The van der Waals surface area contributed by atoms with Gasteiger partial charge in [-0.1, -0.05) is 11.6 Å². The van der Waals surface area contributed by atoms with Crippen molar-refractivity contribution in [3.8, 4) is 5.75 Å². The number of benzene rings is 2. The number of aliphatic hydroxyl groups is 1. The van der Waals surface area contributed by atoms with Gasteiger partial charge in [0.2, 0.25) is 5.91 Å². The van der Waals surface area contributed by atoms with Gasteiger partial charge in [-0.3, -0.25) is 14.4 Å². The molecule has 1 saturated carbocycles. The average Bonchev–Trinajstić information content (AvgIpc) is 3.37. The summed E-state index contributed by atoms with van der Waals surface area (Å²) in [6, 6.07) is 7.91. The van der Waals surface area contributed by atoms with Crippen molar-refractivity contribution in [2.45, 2.75) is 55.8 Å². The Balaban J connectivity index is 1.12. The van der Waals surface area contributed by atoms with Crippen molar-refractivity contribution >= 4 is 34.1 Å². The van der Waals surface area contributed by atoms with E-state index < -0.39 is 22.8 Å². The van der Waals surface area contributed by atoms with Gasteiger partial charge in [0.05, 0.1) is 22.6 Å². The number of anilines is 1. The molecule has 2 N–H and O–H groups in total. The number of likely N-dealkylation sites (tertiary alicyclic amines) is 1. The maximum Gasteiger partial charge on any atom is 0.418 e. The molecule has 0 atom stereocenters. The van der Waals surface area contributed by atoms with Gasteiger partial charge in [0.15, 0.2) is 0 Å². The standard InChI is InChI=1S/C27H28ClF3N4O3/c1-25(37)13-18(14-25)35-15-16-10-19(12-21(23(16)33-35)27(29,30)31)38-9-8-34-6-4-26(5-7-34)20-11-17(28)2-3-22(20)32-24(26)36/h2-3,10-12,15,18,37H,4-9,13-14H2,1H3,(H,32,36)/t18-,25+. The molecule has 1 spiro atoms. The van der Waals surface area contributed by atoms with Crippen molar-refractivity contribution in [1.82, 2.24) is 14.7 Å². The molecule has 6 rings (SSSR count). The van der Waals surface area contributed by atoms with E-state index in [-0.39, 0.29) is 29.8 Å². The fourth-order valence-electron chi connectivity index (χ4n) is 6.09. The number of alkyl halides is 3. The predicted molar refractivity (Wildman–Crippen MR) is 137 cm³/mol. The lowest BCUT2D eigenvalue weighted by atomic mass is 9.73. The van der Waals surface area contributed by atoms with Crippen LogP contribution in [0.2, 0.25) is 5.02 Å². The Kier molecular flexibility index (Phi) is 5.93. The van der Waals surface area contributed by atoms with E-state index in [0.29, 0.717) is 55.7 Å². The summed E-state index contributed by atoms with van der Waals surface area (Å²) in [5.74, 6) is 0.127. The molecule has 3 aliphatic rings. The molecule has 0 bridgehead atoms. The van der Waals surface area contributed by atoms with Crippen LogP contribution in [0.4, 0.5) is 18.9 Å². The lowest BCUT2D eigenvalue weighted by Gasteiger charge is -2.40.